The molecule has 2 heteroatoms. The number of hydrogen-bond donors (Lipinski definition) is 1. The van der Waals surface area contributed by atoms with Crippen molar-refractivity contribution >= 4 is 5.91 Å². The van der Waals surface area contributed by atoms with Gasteiger partial charge in [-0.25, -0.2) is 0 Å². The van der Waals surface area contributed by atoms with E-state index in [1.807, 2.05) is 0 Å². The van der Waals surface area contributed by atoms with Crippen LogP contribution in [0.25, 0.3) is 0 Å². The Morgan fingerprint density at radius 3 is 2.25 bits per heavy atom. The molecule has 1 amide bonds. The lowest BCUT2D eigenvalue weighted by atomic mass is 9.77. The fraction of sp³-hybridized carbons (Fsp3) is 0.929. The number of carbonyl (C=O) groups excluding carboxylic acids is 1. The topological polar surface area (TPSA) is 29.1 Å². The first-order valence-electron chi connectivity index (χ1n) is 6.78. The third-order valence-electron chi connectivity index (χ3n) is 3.35. The van der Waals surface area contributed by atoms with Crippen LogP contribution in [0.2, 0.25) is 0 Å². The predicted molar refractivity (Wildman–Crippen MR) is 70.5 cm³/mol. The molecule has 0 aliphatic heterocycles. The van der Waals surface area contributed by atoms with Gasteiger partial charge in [0, 0.05) is 13.5 Å². The van der Waals surface area contributed by atoms with Gasteiger partial charge in [-0.2, -0.15) is 0 Å². The Labute approximate surface area is 101 Å². The van der Waals surface area contributed by atoms with Crippen LogP contribution in [0.15, 0.2) is 0 Å². The predicted octanol–water partition coefficient (Wildman–Crippen LogP) is 3.90. The fourth-order valence-corrected chi connectivity index (χ4v) is 2.36. The highest BCUT2D eigenvalue weighted by atomic mass is 16.1. The Bertz CT molecular complexity index is 191. The van der Waals surface area contributed by atoms with Gasteiger partial charge in [0.25, 0.3) is 0 Å². The summed E-state index contributed by atoms with van der Waals surface area (Å²) in [5, 5.41) is 2.74. The zero-order chi connectivity index (χ0) is 12.4. The molecule has 0 radical (unpaired) electrons. The van der Waals surface area contributed by atoms with Crippen LogP contribution in [0, 0.1) is 5.41 Å². The first-order chi connectivity index (χ1) is 7.58. The molecule has 1 N–H and O–H groups in total. The summed E-state index contributed by atoms with van der Waals surface area (Å²) in [6.45, 7) is 6.70. The molecule has 0 rings (SSSR count). The zero-order valence-electron chi connectivity index (χ0n) is 11.6. The van der Waals surface area contributed by atoms with Crippen molar-refractivity contribution in [3.05, 3.63) is 0 Å². The number of amides is 1. The molecule has 0 saturated carbocycles. The molecule has 0 aliphatic carbocycles. The van der Waals surface area contributed by atoms with Crippen LogP contribution in [0.5, 0.6) is 0 Å². The summed E-state index contributed by atoms with van der Waals surface area (Å²) < 4.78 is 0. The lowest BCUT2D eigenvalue weighted by molar-refractivity contribution is -0.123. The van der Waals surface area contributed by atoms with E-state index in [0.717, 1.165) is 6.42 Å². The van der Waals surface area contributed by atoms with Gasteiger partial charge < -0.3 is 5.32 Å². The number of hydrogen-bond acceptors (Lipinski definition) is 1. The van der Waals surface area contributed by atoms with E-state index in [4.69, 9.17) is 0 Å². The van der Waals surface area contributed by atoms with Crippen molar-refractivity contribution in [2.75, 3.05) is 7.05 Å². The van der Waals surface area contributed by atoms with Gasteiger partial charge in [-0.15, -0.1) is 0 Å². The summed E-state index contributed by atoms with van der Waals surface area (Å²) >= 11 is 0. The Hall–Kier alpha value is -0.530. The first-order valence-corrected chi connectivity index (χ1v) is 6.78. The third-order valence-corrected chi connectivity index (χ3v) is 3.35. The maximum absolute atomic E-state index is 11.5. The second-order valence-corrected chi connectivity index (χ2v) is 5.22. The highest BCUT2D eigenvalue weighted by molar-refractivity contribution is 5.76. The van der Waals surface area contributed by atoms with Gasteiger partial charge in [-0.05, 0) is 18.3 Å². The van der Waals surface area contributed by atoms with E-state index in [9.17, 15) is 4.79 Å². The summed E-state index contributed by atoms with van der Waals surface area (Å²) in [6.07, 6.45) is 9.37. The quantitative estimate of drug-likeness (QED) is 0.595. The number of rotatable bonds is 9. The van der Waals surface area contributed by atoms with E-state index < -0.39 is 0 Å². The van der Waals surface area contributed by atoms with Crippen LogP contribution in [-0.4, -0.2) is 13.0 Å². The SMILES string of the molecule is CCCCCCC(C)(CCC)CC(=O)NC. The molecular weight excluding hydrogens is 198 g/mol. The summed E-state index contributed by atoms with van der Waals surface area (Å²) in [7, 11) is 1.73. The average Bonchev–Trinajstić information content (AvgIpc) is 2.24. The van der Waals surface area contributed by atoms with Gasteiger partial charge in [0.15, 0.2) is 0 Å². The standard InChI is InChI=1S/C14H29NO/c1-5-7-8-9-11-14(3,10-6-2)12-13(16)15-4/h5-12H2,1-4H3,(H,15,16). The maximum Gasteiger partial charge on any atom is 0.220 e. The van der Waals surface area contributed by atoms with Crippen LogP contribution < -0.4 is 5.32 Å². The molecule has 0 spiro atoms. The van der Waals surface area contributed by atoms with Gasteiger partial charge in [-0.1, -0.05) is 52.9 Å². The van der Waals surface area contributed by atoms with Gasteiger partial charge in [-0.3, -0.25) is 4.79 Å². The molecule has 1 atom stereocenters. The van der Waals surface area contributed by atoms with Crippen molar-refractivity contribution in [3.63, 3.8) is 0 Å². The van der Waals surface area contributed by atoms with Crippen LogP contribution in [0.1, 0.15) is 72.1 Å². The van der Waals surface area contributed by atoms with E-state index in [-0.39, 0.29) is 11.3 Å². The zero-order valence-corrected chi connectivity index (χ0v) is 11.6. The molecule has 0 heterocycles. The smallest absolute Gasteiger partial charge is 0.220 e. The minimum absolute atomic E-state index is 0.187. The lowest BCUT2D eigenvalue weighted by Crippen LogP contribution is -2.27. The molecule has 0 saturated heterocycles. The van der Waals surface area contributed by atoms with E-state index in [1.165, 1.54) is 38.5 Å². The average molecular weight is 227 g/mol. The molecule has 16 heavy (non-hydrogen) atoms. The Balaban J connectivity index is 4.05. The normalized spacial score (nSPS) is 14.5. The summed E-state index contributed by atoms with van der Waals surface area (Å²) in [6, 6.07) is 0. The fourth-order valence-electron chi connectivity index (χ4n) is 2.36. The van der Waals surface area contributed by atoms with E-state index in [2.05, 4.69) is 26.1 Å². The van der Waals surface area contributed by atoms with E-state index in [1.54, 1.807) is 7.05 Å². The molecule has 1 unspecified atom stereocenters. The molecule has 0 aromatic heterocycles. The minimum Gasteiger partial charge on any atom is -0.359 e. The Morgan fingerprint density at radius 2 is 1.75 bits per heavy atom. The van der Waals surface area contributed by atoms with Crippen molar-refractivity contribution in [2.45, 2.75) is 72.1 Å². The molecule has 0 aromatic rings. The second-order valence-electron chi connectivity index (χ2n) is 5.22. The van der Waals surface area contributed by atoms with Crippen LogP contribution in [0.4, 0.5) is 0 Å². The number of unbranched alkanes of at least 4 members (excludes halogenated alkanes) is 3. The highest BCUT2D eigenvalue weighted by Crippen LogP contribution is 2.33. The molecule has 0 fully saturated rings. The van der Waals surface area contributed by atoms with Crippen LogP contribution in [0.3, 0.4) is 0 Å². The molecule has 96 valence electrons. The van der Waals surface area contributed by atoms with E-state index in [0.29, 0.717) is 6.42 Å². The van der Waals surface area contributed by atoms with Crippen molar-refractivity contribution in [3.8, 4) is 0 Å². The van der Waals surface area contributed by atoms with Crippen LogP contribution >= 0.6 is 0 Å². The summed E-state index contributed by atoms with van der Waals surface area (Å²) in [5.41, 5.74) is 0.211. The van der Waals surface area contributed by atoms with Crippen molar-refractivity contribution in [1.29, 1.82) is 0 Å². The van der Waals surface area contributed by atoms with Gasteiger partial charge in [0.05, 0.1) is 0 Å². The van der Waals surface area contributed by atoms with Gasteiger partial charge >= 0.3 is 0 Å². The molecule has 0 aliphatic rings. The molecule has 0 aromatic carbocycles. The van der Waals surface area contributed by atoms with E-state index >= 15 is 0 Å². The molecule has 2 nitrogen and oxygen atoms in total. The highest BCUT2D eigenvalue weighted by Gasteiger charge is 2.25. The monoisotopic (exact) mass is 227 g/mol. The third kappa shape index (κ3) is 6.86. The van der Waals surface area contributed by atoms with Crippen molar-refractivity contribution in [2.24, 2.45) is 5.41 Å². The lowest BCUT2D eigenvalue weighted by Gasteiger charge is -2.28. The Kier molecular flexibility index (Phi) is 8.32. The molecular formula is C14H29NO. The second kappa shape index (κ2) is 8.60. The first kappa shape index (κ1) is 15.5. The number of carbonyl (C=O) groups is 1. The largest absolute Gasteiger partial charge is 0.359 e. The maximum atomic E-state index is 11.5. The number of nitrogens with one attached hydrogen (secondary N) is 1. The van der Waals surface area contributed by atoms with Crippen LogP contribution in [-0.2, 0) is 4.79 Å². The van der Waals surface area contributed by atoms with Gasteiger partial charge in [0.2, 0.25) is 5.91 Å². The summed E-state index contributed by atoms with van der Waals surface area (Å²) in [5.74, 6) is 0.187. The van der Waals surface area contributed by atoms with Crippen molar-refractivity contribution < 1.29 is 4.79 Å². The van der Waals surface area contributed by atoms with Gasteiger partial charge in [0.1, 0.15) is 0 Å². The molecule has 0 bridgehead atoms. The summed E-state index contributed by atoms with van der Waals surface area (Å²) in [4.78, 5) is 11.5. The van der Waals surface area contributed by atoms with Crippen molar-refractivity contribution in [1.82, 2.24) is 5.32 Å². The Morgan fingerprint density at radius 1 is 1.06 bits per heavy atom. The minimum atomic E-state index is 0.187.